The van der Waals surface area contributed by atoms with Crippen molar-refractivity contribution in [2.24, 2.45) is 0 Å². The first kappa shape index (κ1) is 15.4. The molecule has 1 aliphatic heterocycles. The van der Waals surface area contributed by atoms with E-state index in [1.807, 2.05) is 31.2 Å². The number of anilines is 2. The van der Waals surface area contributed by atoms with Crippen molar-refractivity contribution < 1.29 is 9.21 Å². The highest BCUT2D eigenvalue weighted by Crippen LogP contribution is 2.26. The highest BCUT2D eigenvalue weighted by Gasteiger charge is 2.20. The lowest BCUT2D eigenvalue weighted by Gasteiger charge is -2.23. The van der Waals surface area contributed by atoms with Gasteiger partial charge in [0.05, 0.1) is 18.5 Å². The number of nitrogens with one attached hydrogen (secondary N) is 1. The number of amides is 2. The second-order valence-corrected chi connectivity index (χ2v) is 5.59. The Hall–Kier alpha value is -2.50. The van der Waals surface area contributed by atoms with Gasteiger partial charge in [0.2, 0.25) is 0 Å². The quantitative estimate of drug-likeness (QED) is 0.919. The molecule has 1 fully saturated rings. The third kappa shape index (κ3) is 3.64. The van der Waals surface area contributed by atoms with Crippen LogP contribution < -0.4 is 10.2 Å². The zero-order chi connectivity index (χ0) is 16.1. The fraction of sp³-hybridized carbons (Fsp3) is 0.412. The van der Waals surface area contributed by atoms with Crippen molar-refractivity contribution in [2.75, 3.05) is 29.9 Å². The van der Waals surface area contributed by atoms with E-state index in [0.29, 0.717) is 13.1 Å². The largest absolute Gasteiger partial charge is 0.467 e. The molecular formula is C17H22N4O2. The molecule has 2 amide bonds. The van der Waals surface area contributed by atoms with E-state index in [-0.39, 0.29) is 6.03 Å². The van der Waals surface area contributed by atoms with Crippen LogP contribution in [-0.2, 0) is 6.54 Å². The van der Waals surface area contributed by atoms with Gasteiger partial charge >= 0.3 is 6.03 Å². The van der Waals surface area contributed by atoms with Crippen molar-refractivity contribution in [1.82, 2.24) is 9.88 Å². The summed E-state index contributed by atoms with van der Waals surface area (Å²) >= 11 is 0. The molecule has 23 heavy (non-hydrogen) atoms. The first-order valence-electron chi connectivity index (χ1n) is 8.06. The van der Waals surface area contributed by atoms with Gasteiger partial charge in [-0.2, -0.15) is 0 Å². The average Bonchev–Trinajstić information content (AvgIpc) is 3.26. The Kier molecular flexibility index (Phi) is 4.80. The molecule has 0 saturated carbocycles. The molecule has 0 aliphatic carbocycles. The summed E-state index contributed by atoms with van der Waals surface area (Å²) in [5, 5.41) is 2.99. The molecule has 1 N–H and O–H groups in total. The van der Waals surface area contributed by atoms with E-state index in [0.717, 1.165) is 30.4 Å². The zero-order valence-electron chi connectivity index (χ0n) is 13.4. The van der Waals surface area contributed by atoms with Crippen LogP contribution in [0.3, 0.4) is 0 Å². The number of urea groups is 1. The average molecular weight is 314 g/mol. The number of rotatable bonds is 5. The van der Waals surface area contributed by atoms with Gasteiger partial charge in [0.25, 0.3) is 0 Å². The summed E-state index contributed by atoms with van der Waals surface area (Å²) in [6.45, 7) is 4.99. The van der Waals surface area contributed by atoms with Crippen molar-refractivity contribution in [2.45, 2.75) is 26.3 Å². The lowest BCUT2D eigenvalue weighted by atomic mass is 10.3. The van der Waals surface area contributed by atoms with Crippen molar-refractivity contribution in [3.63, 3.8) is 0 Å². The number of furan rings is 1. The van der Waals surface area contributed by atoms with Crippen molar-refractivity contribution in [3.8, 4) is 0 Å². The van der Waals surface area contributed by atoms with Crippen molar-refractivity contribution in [3.05, 3.63) is 42.5 Å². The predicted molar refractivity (Wildman–Crippen MR) is 89.5 cm³/mol. The molecule has 1 saturated heterocycles. The maximum absolute atomic E-state index is 12.6. The molecule has 122 valence electrons. The van der Waals surface area contributed by atoms with Gasteiger partial charge < -0.3 is 19.5 Å². The summed E-state index contributed by atoms with van der Waals surface area (Å²) in [6.07, 6.45) is 5.73. The lowest BCUT2D eigenvalue weighted by Crippen LogP contribution is -2.34. The number of hydrogen-bond acceptors (Lipinski definition) is 4. The summed E-state index contributed by atoms with van der Waals surface area (Å²) in [5.74, 6) is 1.63. The Labute approximate surface area is 136 Å². The minimum atomic E-state index is -0.141. The van der Waals surface area contributed by atoms with Gasteiger partial charge in [-0.25, -0.2) is 9.78 Å². The molecule has 0 bridgehead atoms. The van der Waals surface area contributed by atoms with Gasteiger partial charge in [-0.05, 0) is 44.0 Å². The van der Waals surface area contributed by atoms with E-state index in [1.54, 1.807) is 17.4 Å². The topological polar surface area (TPSA) is 61.6 Å². The molecule has 0 aromatic carbocycles. The van der Waals surface area contributed by atoms with E-state index in [4.69, 9.17) is 4.42 Å². The monoisotopic (exact) mass is 314 g/mol. The molecule has 0 atom stereocenters. The van der Waals surface area contributed by atoms with Crippen molar-refractivity contribution >= 4 is 17.5 Å². The van der Waals surface area contributed by atoms with Gasteiger partial charge in [0.1, 0.15) is 5.76 Å². The third-order valence-corrected chi connectivity index (χ3v) is 4.03. The molecule has 2 aromatic rings. The van der Waals surface area contributed by atoms with Crippen LogP contribution in [0.15, 0.2) is 41.1 Å². The fourth-order valence-electron chi connectivity index (χ4n) is 2.79. The van der Waals surface area contributed by atoms with E-state index in [2.05, 4.69) is 15.2 Å². The molecule has 0 radical (unpaired) electrons. The smallest absolute Gasteiger partial charge is 0.322 e. The predicted octanol–water partition coefficient (Wildman–Crippen LogP) is 3.33. The highest BCUT2D eigenvalue weighted by atomic mass is 16.3. The van der Waals surface area contributed by atoms with Crippen LogP contribution >= 0.6 is 0 Å². The van der Waals surface area contributed by atoms with E-state index >= 15 is 0 Å². The molecule has 2 aromatic heterocycles. The van der Waals surface area contributed by atoms with E-state index < -0.39 is 0 Å². The Bertz CT molecular complexity index is 636. The van der Waals surface area contributed by atoms with Crippen LogP contribution in [0.1, 0.15) is 25.5 Å². The highest BCUT2D eigenvalue weighted by molar-refractivity contribution is 5.92. The van der Waals surface area contributed by atoms with Gasteiger partial charge in [-0.1, -0.05) is 0 Å². The Morgan fingerprint density at radius 3 is 2.87 bits per heavy atom. The molecule has 3 heterocycles. The van der Waals surface area contributed by atoms with Crippen LogP contribution in [-0.4, -0.2) is 35.5 Å². The van der Waals surface area contributed by atoms with Gasteiger partial charge in [0.15, 0.2) is 5.82 Å². The van der Waals surface area contributed by atoms with Crippen molar-refractivity contribution in [1.29, 1.82) is 0 Å². The number of hydrogen-bond donors (Lipinski definition) is 1. The summed E-state index contributed by atoms with van der Waals surface area (Å²) < 4.78 is 5.33. The van der Waals surface area contributed by atoms with Crippen LogP contribution in [0.2, 0.25) is 0 Å². The number of pyridine rings is 1. The maximum Gasteiger partial charge on any atom is 0.322 e. The number of nitrogens with zero attached hydrogens (tertiary/aromatic N) is 3. The molecule has 6 nitrogen and oxygen atoms in total. The van der Waals surface area contributed by atoms with Crippen LogP contribution in [0.5, 0.6) is 0 Å². The van der Waals surface area contributed by atoms with Crippen LogP contribution in [0.4, 0.5) is 16.3 Å². The zero-order valence-corrected chi connectivity index (χ0v) is 13.4. The summed E-state index contributed by atoms with van der Waals surface area (Å²) in [7, 11) is 0. The lowest BCUT2D eigenvalue weighted by molar-refractivity contribution is 0.207. The SMILES string of the molecule is CCN(Cc1ccco1)C(=O)Nc1cccnc1N1CCCC1. The fourth-order valence-corrected chi connectivity index (χ4v) is 2.79. The number of carbonyl (C=O) groups is 1. The molecule has 3 rings (SSSR count). The Morgan fingerprint density at radius 1 is 1.35 bits per heavy atom. The molecule has 6 heteroatoms. The molecule has 1 aliphatic rings. The van der Waals surface area contributed by atoms with Crippen LogP contribution in [0.25, 0.3) is 0 Å². The summed E-state index contributed by atoms with van der Waals surface area (Å²) in [5.41, 5.74) is 0.761. The summed E-state index contributed by atoms with van der Waals surface area (Å²) in [4.78, 5) is 20.9. The Morgan fingerprint density at radius 2 is 2.17 bits per heavy atom. The van der Waals surface area contributed by atoms with Gasteiger partial charge in [-0.3, -0.25) is 0 Å². The molecule has 0 spiro atoms. The first-order valence-corrected chi connectivity index (χ1v) is 8.06. The summed E-state index contributed by atoms with van der Waals surface area (Å²) in [6, 6.07) is 7.30. The molecule has 0 unspecified atom stereocenters. The first-order chi connectivity index (χ1) is 11.3. The second kappa shape index (κ2) is 7.17. The maximum atomic E-state index is 12.6. The number of aromatic nitrogens is 1. The number of carbonyl (C=O) groups excluding carboxylic acids is 1. The standard InChI is InChI=1S/C17H22N4O2/c1-2-20(13-14-7-6-12-23-14)17(22)19-15-8-5-9-18-16(15)21-10-3-4-11-21/h5-9,12H,2-4,10-11,13H2,1H3,(H,19,22). The van der Waals surface area contributed by atoms with Gasteiger partial charge in [-0.15, -0.1) is 0 Å². The van der Waals surface area contributed by atoms with Gasteiger partial charge in [0, 0.05) is 25.8 Å². The van der Waals surface area contributed by atoms with E-state index in [9.17, 15) is 4.79 Å². The minimum Gasteiger partial charge on any atom is -0.467 e. The van der Waals surface area contributed by atoms with Crippen LogP contribution in [0, 0.1) is 0 Å². The normalized spacial score (nSPS) is 14.0. The minimum absolute atomic E-state index is 0.141. The second-order valence-electron chi connectivity index (χ2n) is 5.59. The third-order valence-electron chi connectivity index (χ3n) is 4.03. The Balaban J connectivity index is 1.71. The molecular weight excluding hydrogens is 292 g/mol. The van der Waals surface area contributed by atoms with E-state index in [1.165, 1.54) is 12.8 Å².